The molecule has 1 rings (SSSR count). The van der Waals surface area contributed by atoms with Crippen molar-refractivity contribution >= 4 is 28.1 Å². The quantitative estimate of drug-likeness (QED) is 0.359. The molecule has 0 unspecified atom stereocenters. The van der Waals surface area contributed by atoms with Crippen LogP contribution in [0.15, 0.2) is 0 Å². The maximum Gasteiger partial charge on any atom is 0.174 e. The molecule has 4 heteroatoms. The molecule has 2 N–H and O–H groups in total. The van der Waals surface area contributed by atoms with Gasteiger partial charge in [-0.15, -0.1) is 0 Å². The number of rotatable bonds is 2. The first-order valence-electron chi connectivity index (χ1n) is 3.04. The van der Waals surface area contributed by atoms with Crippen LogP contribution in [0.25, 0.3) is 0 Å². The summed E-state index contributed by atoms with van der Waals surface area (Å²) in [5, 5.41) is 14.7. The molecule has 0 aromatic carbocycles. The van der Waals surface area contributed by atoms with Crippen LogP contribution in [0.1, 0.15) is 12.8 Å². The molecule has 54 valence electrons. The molecule has 0 amide bonds. The Morgan fingerprint density at radius 1 is 1.50 bits per heavy atom. The first-order chi connectivity index (χ1) is 4.74. The Bertz CT molecular complexity index is 186. The fraction of sp³-hybridized carbons (Fsp3) is 0.500. The zero-order valence-corrected chi connectivity index (χ0v) is 6.20. The predicted molar refractivity (Wildman–Crippen MR) is 41.8 cm³/mol. The number of hydrogen-bond acceptors (Lipinski definition) is 4. The molecule has 0 aromatic rings. The average Bonchev–Trinajstić information content (AvgIpc) is 2.68. The number of thioether (sulfide) groups is 1. The third-order valence-corrected chi connectivity index (χ3v) is 2.14. The van der Waals surface area contributed by atoms with Crippen molar-refractivity contribution < 1.29 is 4.79 Å². The number of nitrogens with one attached hydrogen (secondary N) is 2. The van der Waals surface area contributed by atoms with E-state index in [0.717, 1.165) is 24.6 Å². The van der Waals surface area contributed by atoms with Crippen LogP contribution in [0, 0.1) is 16.7 Å². The summed E-state index contributed by atoms with van der Waals surface area (Å²) in [4.78, 5) is 9.94. The van der Waals surface area contributed by atoms with Crippen LogP contribution in [0.4, 0.5) is 0 Å². The van der Waals surface area contributed by atoms with E-state index in [2.05, 4.69) is 0 Å². The van der Waals surface area contributed by atoms with Crippen LogP contribution in [0.2, 0.25) is 0 Å². The van der Waals surface area contributed by atoms with Gasteiger partial charge in [0.15, 0.2) is 6.29 Å². The Morgan fingerprint density at radius 2 is 2.10 bits per heavy atom. The molecule has 0 radical (unpaired) electrons. The van der Waals surface area contributed by atoms with Crippen molar-refractivity contribution in [2.24, 2.45) is 5.92 Å². The van der Waals surface area contributed by atoms with Crippen LogP contribution in [-0.2, 0) is 4.79 Å². The molecule has 0 spiro atoms. The van der Waals surface area contributed by atoms with Gasteiger partial charge in [0.25, 0.3) is 0 Å². The normalized spacial score (nSPS) is 16.4. The van der Waals surface area contributed by atoms with Crippen molar-refractivity contribution in [2.75, 3.05) is 0 Å². The SMILES string of the molecule is N=C(C=O)SC(=N)C1CC1. The largest absolute Gasteiger partial charge is 0.298 e. The first kappa shape index (κ1) is 7.47. The summed E-state index contributed by atoms with van der Waals surface area (Å²) in [5.74, 6) is 0.352. The highest BCUT2D eigenvalue weighted by Crippen LogP contribution is 2.34. The molecule has 1 fully saturated rings. The zero-order valence-electron chi connectivity index (χ0n) is 5.39. The van der Waals surface area contributed by atoms with Crippen LogP contribution in [-0.4, -0.2) is 16.4 Å². The first-order valence-corrected chi connectivity index (χ1v) is 3.85. The van der Waals surface area contributed by atoms with Gasteiger partial charge < -0.3 is 0 Å². The standard InChI is InChI=1S/C6H8N2OS/c7-5(3-9)10-6(8)4-1-2-4/h3-4,7-8H,1-2H2. The molecular weight excluding hydrogens is 148 g/mol. The van der Waals surface area contributed by atoms with Gasteiger partial charge in [-0.2, -0.15) is 0 Å². The highest BCUT2D eigenvalue weighted by molar-refractivity contribution is 8.27. The number of carbonyl (C=O) groups is 1. The van der Waals surface area contributed by atoms with Gasteiger partial charge in [0, 0.05) is 5.92 Å². The Labute approximate surface area is 63.2 Å². The molecule has 0 aromatic heterocycles. The number of hydrogen-bond donors (Lipinski definition) is 2. The Morgan fingerprint density at radius 3 is 2.50 bits per heavy atom. The van der Waals surface area contributed by atoms with Crippen molar-refractivity contribution in [1.29, 1.82) is 10.8 Å². The lowest BCUT2D eigenvalue weighted by Crippen LogP contribution is -1.99. The van der Waals surface area contributed by atoms with Gasteiger partial charge >= 0.3 is 0 Å². The van der Waals surface area contributed by atoms with Crippen LogP contribution < -0.4 is 0 Å². The van der Waals surface area contributed by atoms with Crippen molar-refractivity contribution in [3.05, 3.63) is 0 Å². The highest BCUT2D eigenvalue weighted by Gasteiger charge is 2.27. The third-order valence-electron chi connectivity index (χ3n) is 1.28. The van der Waals surface area contributed by atoms with E-state index in [-0.39, 0.29) is 5.04 Å². The second-order valence-corrected chi connectivity index (χ2v) is 3.31. The monoisotopic (exact) mass is 156 g/mol. The second-order valence-electron chi connectivity index (χ2n) is 2.22. The van der Waals surface area contributed by atoms with Crippen molar-refractivity contribution in [3.63, 3.8) is 0 Å². The average molecular weight is 156 g/mol. The summed E-state index contributed by atoms with van der Waals surface area (Å²) < 4.78 is 0. The van der Waals surface area contributed by atoms with Gasteiger partial charge in [0.05, 0.1) is 5.04 Å². The topological polar surface area (TPSA) is 64.8 Å². The van der Waals surface area contributed by atoms with E-state index < -0.39 is 0 Å². The van der Waals surface area contributed by atoms with Gasteiger partial charge in [-0.3, -0.25) is 15.6 Å². The van der Waals surface area contributed by atoms with Gasteiger partial charge in [0.2, 0.25) is 0 Å². The summed E-state index contributed by atoms with van der Waals surface area (Å²) in [6.45, 7) is 0. The summed E-state index contributed by atoms with van der Waals surface area (Å²) in [6, 6.07) is 0. The van der Waals surface area contributed by atoms with Crippen molar-refractivity contribution in [2.45, 2.75) is 12.8 Å². The van der Waals surface area contributed by atoms with Crippen LogP contribution >= 0.6 is 11.8 Å². The molecular formula is C6H8N2OS. The Hall–Kier alpha value is -0.640. The molecule has 1 aliphatic carbocycles. The fourth-order valence-electron chi connectivity index (χ4n) is 0.571. The third kappa shape index (κ3) is 1.95. The molecule has 0 bridgehead atoms. The zero-order chi connectivity index (χ0) is 7.56. The van der Waals surface area contributed by atoms with E-state index in [1.54, 1.807) is 0 Å². The molecule has 0 heterocycles. The maximum absolute atomic E-state index is 9.94. The maximum atomic E-state index is 9.94. The predicted octanol–water partition coefficient (Wildman–Crippen LogP) is 1.28. The molecule has 10 heavy (non-hydrogen) atoms. The molecule has 0 saturated heterocycles. The van der Waals surface area contributed by atoms with Crippen molar-refractivity contribution in [3.8, 4) is 0 Å². The summed E-state index contributed by atoms with van der Waals surface area (Å²) in [6.07, 6.45) is 2.58. The van der Waals surface area contributed by atoms with Gasteiger partial charge in [-0.1, -0.05) is 11.8 Å². The number of carbonyl (C=O) groups excluding carboxylic acids is 1. The van der Waals surface area contributed by atoms with Crippen molar-refractivity contribution in [1.82, 2.24) is 0 Å². The fourth-order valence-corrected chi connectivity index (χ4v) is 1.26. The van der Waals surface area contributed by atoms with Gasteiger partial charge in [-0.25, -0.2) is 0 Å². The van der Waals surface area contributed by atoms with E-state index in [1.165, 1.54) is 0 Å². The number of aldehydes is 1. The van der Waals surface area contributed by atoms with E-state index in [9.17, 15) is 4.79 Å². The molecule has 1 saturated carbocycles. The summed E-state index contributed by atoms with van der Waals surface area (Å²) >= 11 is 0.969. The van der Waals surface area contributed by atoms with Gasteiger partial charge in [0.1, 0.15) is 5.04 Å². The van der Waals surface area contributed by atoms with E-state index in [0.29, 0.717) is 17.2 Å². The lowest BCUT2D eigenvalue weighted by Gasteiger charge is -1.95. The molecule has 0 aliphatic heterocycles. The molecule has 0 atom stereocenters. The smallest absolute Gasteiger partial charge is 0.174 e. The minimum Gasteiger partial charge on any atom is -0.298 e. The minimum absolute atomic E-state index is 0.0584. The molecule has 1 aliphatic rings. The Kier molecular flexibility index (Phi) is 2.21. The lowest BCUT2D eigenvalue weighted by atomic mass is 10.5. The lowest BCUT2D eigenvalue weighted by molar-refractivity contribution is -0.102. The van der Waals surface area contributed by atoms with E-state index in [4.69, 9.17) is 10.8 Å². The minimum atomic E-state index is -0.0584. The van der Waals surface area contributed by atoms with E-state index >= 15 is 0 Å². The van der Waals surface area contributed by atoms with Crippen LogP contribution in [0.5, 0.6) is 0 Å². The van der Waals surface area contributed by atoms with E-state index in [1.807, 2.05) is 0 Å². The summed E-state index contributed by atoms with van der Waals surface area (Å²) in [7, 11) is 0. The Balaban J connectivity index is 2.29. The molecule has 3 nitrogen and oxygen atoms in total. The summed E-state index contributed by atoms with van der Waals surface area (Å²) in [5.41, 5.74) is 0. The van der Waals surface area contributed by atoms with Crippen LogP contribution in [0.3, 0.4) is 0 Å². The van der Waals surface area contributed by atoms with Gasteiger partial charge in [-0.05, 0) is 12.8 Å². The second kappa shape index (κ2) is 2.96. The highest BCUT2D eigenvalue weighted by atomic mass is 32.2.